The van der Waals surface area contributed by atoms with Crippen molar-refractivity contribution in [1.82, 2.24) is 0 Å². The van der Waals surface area contributed by atoms with Gasteiger partial charge < -0.3 is 0 Å². The Morgan fingerprint density at radius 3 is 1.23 bits per heavy atom. The zero-order valence-electron chi connectivity index (χ0n) is 17.0. The smallest absolute Gasteiger partial charge is 0.126 e. The molecule has 0 aliphatic carbocycles. The molecule has 0 nitrogen and oxygen atoms in total. The van der Waals surface area contributed by atoms with Crippen LogP contribution in [-0.2, 0) is 5.04 Å². The first-order valence-corrected chi connectivity index (χ1v) is 11.9. The van der Waals surface area contributed by atoms with Gasteiger partial charge in [0, 0.05) is 29.5 Å². The molecule has 4 rings (SSSR count). The van der Waals surface area contributed by atoms with Crippen LogP contribution in [0.15, 0.2) is 121 Å². The third kappa shape index (κ3) is 4.46. The second-order valence-electron chi connectivity index (χ2n) is 7.09. The standard InChI is InChI=1S/C28H23Si.Sn/c1-29(23-22-24-14-6-2-7-15-24)28(25-16-8-3-9-17-25,26-18-10-4-11-19-26)27-20-12-5-13-21-27;/h2-21H,1H3;. The van der Waals surface area contributed by atoms with Crippen molar-refractivity contribution in [2.45, 2.75) is 11.6 Å². The van der Waals surface area contributed by atoms with Crippen LogP contribution in [0.5, 0.6) is 0 Å². The van der Waals surface area contributed by atoms with Gasteiger partial charge in [-0.15, -0.1) is 5.54 Å². The summed E-state index contributed by atoms with van der Waals surface area (Å²) >= 11 is 0. The average molecular weight is 506 g/mol. The summed E-state index contributed by atoms with van der Waals surface area (Å²) in [6.07, 6.45) is 0. The Morgan fingerprint density at radius 2 is 0.867 bits per heavy atom. The molecule has 5 radical (unpaired) electrons. The van der Waals surface area contributed by atoms with E-state index in [0.29, 0.717) is 0 Å². The third-order valence-corrected chi connectivity index (χ3v) is 7.84. The summed E-state index contributed by atoms with van der Waals surface area (Å²) in [5.74, 6) is 3.45. The van der Waals surface area contributed by atoms with Gasteiger partial charge in [0.2, 0.25) is 0 Å². The molecule has 30 heavy (non-hydrogen) atoms. The summed E-state index contributed by atoms with van der Waals surface area (Å²) < 4.78 is 0. The summed E-state index contributed by atoms with van der Waals surface area (Å²) in [6.45, 7) is 2.34. The van der Waals surface area contributed by atoms with Crippen LogP contribution in [0.4, 0.5) is 0 Å². The molecule has 0 spiro atoms. The summed E-state index contributed by atoms with van der Waals surface area (Å²) in [5, 5.41) is -0.254. The largest absolute Gasteiger partial charge is 0.162 e. The Bertz CT molecular complexity index is 1000. The Hall–Kier alpha value is -2.54. The molecule has 0 amide bonds. The molecule has 0 aromatic heterocycles. The molecule has 4 aromatic rings. The number of hydrogen-bond donors (Lipinski definition) is 0. The van der Waals surface area contributed by atoms with E-state index < -0.39 is 8.80 Å². The van der Waals surface area contributed by atoms with Crippen molar-refractivity contribution in [2.75, 3.05) is 0 Å². The van der Waals surface area contributed by atoms with E-state index in [0.717, 1.165) is 5.56 Å². The third-order valence-electron chi connectivity index (χ3n) is 5.35. The molecule has 143 valence electrons. The fourth-order valence-corrected chi connectivity index (χ4v) is 6.31. The van der Waals surface area contributed by atoms with E-state index in [2.05, 4.69) is 121 Å². The van der Waals surface area contributed by atoms with Crippen LogP contribution in [0.1, 0.15) is 22.3 Å². The van der Waals surface area contributed by atoms with E-state index in [4.69, 9.17) is 0 Å². The Labute approximate surface area is 198 Å². The molecule has 0 aliphatic rings. The van der Waals surface area contributed by atoms with Crippen LogP contribution < -0.4 is 0 Å². The van der Waals surface area contributed by atoms with E-state index in [1.54, 1.807) is 0 Å². The minimum atomic E-state index is -1.20. The van der Waals surface area contributed by atoms with Crippen LogP contribution >= 0.6 is 0 Å². The molecule has 0 heterocycles. The molecule has 0 fully saturated rings. The Kier molecular flexibility index (Phi) is 7.73. The predicted octanol–water partition coefficient (Wildman–Crippen LogP) is 5.89. The minimum absolute atomic E-state index is 0. The van der Waals surface area contributed by atoms with Gasteiger partial charge in [0.15, 0.2) is 8.80 Å². The first-order chi connectivity index (χ1) is 14.3. The van der Waals surface area contributed by atoms with Gasteiger partial charge in [-0.3, -0.25) is 0 Å². The van der Waals surface area contributed by atoms with Gasteiger partial charge in [0.25, 0.3) is 0 Å². The summed E-state index contributed by atoms with van der Waals surface area (Å²) in [5.41, 5.74) is 8.66. The zero-order chi connectivity index (χ0) is 19.9. The average Bonchev–Trinajstić information content (AvgIpc) is 2.81. The van der Waals surface area contributed by atoms with Gasteiger partial charge in [0.05, 0.1) is 5.04 Å². The molecular formula is C28H23SiSn. The van der Waals surface area contributed by atoms with Crippen LogP contribution in [-0.4, -0.2) is 32.7 Å². The molecule has 0 N–H and O–H groups in total. The van der Waals surface area contributed by atoms with Crippen LogP contribution in [0, 0.1) is 11.5 Å². The van der Waals surface area contributed by atoms with Crippen molar-refractivity contribution in [3.8, 4) is 11.5 Å². The van der Waals surface area contributed by atoms with Crippen molar-refractivity contribution in [3.63, 3.8) is 0 Å². The topological polar surface area (TPSA) is 0 Å². The fourth-order valence-electron chi connectivity index (χ4n) is 4.00. The first kappa shape index (κ1) is 22.1. The zero-order valence-corrected chi connectivity index (χ0v) is 20.9. The van der Waals surface area contributed by atoms with Gasteiger partial charge >= 0.3 is 0 Å². The van der Waals surface area contributed by atoms with Crippen LogP contribution in [0.25, 0.3) is 0 Å². The summed E-state index contributed by atoms with van der Waals surface area (Å²) in [4.78, 5) is 0. The second-order valence-corrected chi connectivity index (χ2v) is 9.34. The maximum absolute atomic E-state index is 3.69. The monoisotopic (exact) mass is 507 g/mol. The van der Waals surface area contributed by atoms with Gasteiger partial charge in [-0.2, -0.15) is 0 Å². The summed E-state index contributed by atoms with van der Waals surface area (Å²) in [6, 6.07) is 42.8. The normalized spacial score (nSPS) is 10.6. The molecule has 0 aliphatic heterocycles. The van der Waals surface area contributed by atoms with Crippen molar-refractivity contribution in [1.29, 1.82) is 0 Å². The predicted molar refractivity (Wildman–Crippen MR) is 130 cm³/mol. The molecule has 0 unspecified atom stereocenters. The number of benzene rings is 4. The molecule has 2 heteroatoms. The summed E-state index contributed by atoms with van der Waals surface area (Å²) in [7, 11) is -1.20. The minimum Gasteiger partial charge on any atom is -0.126 e. The molecule has 4 aromatic carbocycles. The van der Waals surface area contributed by atoms with Crippen molar-refractivity contribution in [2.24, 2.45) is 0 Å². The van der Waals surface area contributed by atoms with Crippen molar-refractivity contribution in [3.05, 3.63) is 144 Å². The molecule has 0 saturated heterocycles. The van der Waals surface area contributed by atoms with Gasteiger partial charge in [0.1, 0.15) is 0 Å². The van der Waals surface area contributed by atoms with Gasteiger partial charge in [-0.05, 0) is 28.8 Å². The maximum Gasteiger partial charge on any atom is 0.162 e. The first-order valence-electron chi connectivity index (χ1n) is 9.89. The van der Waals surface area contributed by atoms with E-state index >= 15 is 0 Å². The maximum atomic E-state index is 3.69. The second kappa shape index (κ2) is 10.5. The SMILES string of the molecule is C[Si](C#Cc1ccccc1)C(c1ccccc1)(c1ccccc1)c1ccccc1.[Sn]. The quantitative estimate of drug-likeness (QED) is 0.184. The van der Waals surface area contributed by atoms with E-state index in [1.807, 2.05) is 18.2 Å². The Morgan fingerprint density at radius 1 is 0.533 bits per heavy atom. The van der Waals surface area contributed by atoms with Gasteiger partial charge in [-0.1, -0.05) is 122 Å². The number of rotatable bonds is 4. The fraction of sp³-hybridized carbons (Fsp3) is 0.0714. The van der Waals surface area contributed by atoms with Crippen molar-refractivity contribution < 1.29 is 0 Å². The van der Waals surface area contributed by atoms with Crippen LogP contribution in [0.3, 0.4) is 0 Å². The van der Waals surface area contributed by atoms with E-state index in [1.165, 1.54) is 16.7 Å². The Balaban J connectivity index is 0.00000256. The van der Waals surface area contributed by atoms with Crippen LogP contribution in [0.2, 0.25) is 6.55 Å². The molecular weight excluding hydrogens is 483 g/mol. The molecule has 0 atom stereocenters. The number of hydrogen-bond acceptors (Lipinski definition) is 0. The van der Waals surface area contributed by atoms with Gasteiger partial charge in [-0.25, -0.2) is 0 Å². The van der Waals surface area contributed by atoms with Crippen molar-refractivity contribution >= 4 is 32.7 Å². The van der Waals surface area contributed by atoms with E-state index in [9.17, 15) is 0 Å². The molecule has 0 saturated carbocycles. The molecule has 0 bridgehead atoms. The van der Waals surface area contributed by atoms with E-state index in [-0.39, 0.29) is 28.9 Å².